The number of halogens is 1. The number of ether oxygens (including phenoxy) is 1. The molecule has 1 aromatic carbocycles. The van der Waals surface area contributed by atoms with Crippen LogP contribution in [0.2, 0.25) is 0 Å². The van der Waals surface area contributed by atoms with Gasteiger partial charge in [-0.15, -0.1) is 0 Å². The zero-order valence-corrected chi connectivity index (χ0v) is 12.6. The lowest BCUT2D eigenvalue weighted by molar-refractivity contribution is -0.144. The number of carbonyl (C=O) groups is 1. The van der Waals surface area contributed by atoms with Crippen molar-refractivity contribution in [3.63, 3.8) is 0 Å². The molecule has 0 heterocycles. The first-order valence-corrected chi connectivity index (χ1v) is 6.42. The number of aryl methyl sites for hydroxylation is 1. The Balaban J connectivity index is 3.05. The van der Waals surface area contributed by atoms with Gasteiger partial charge in [0, 0.05) is 19.2 Å². The van der Waals surface area contributed by atoms with Crippen LogP contribution >= 0.6 is 0 Å². The normalized spacial score (nSPS) is 14.7. The zero-order valence-electron chi connectivity index (χ0n) is 12.6. The monoisotopic (exact) mass is 283 g/mol. The highest BCUT2D eigenvalue weighted by molar-refractivity contribution is 5.82. The summed E-state index contributed by atoms with van der Waals surface area (Å²) in [7, 11) is 1.54. The number of carboxylic acid groups (broad SMARTS) is 1. The quantitative estimate of drug-likeness (QED) is 0.841. The van der Waals surface area contributed by atoms with E-state index in [0.717, 1.165) is 5.56 Å². The first-order valence-electron chi connectivity index (χ1n) is 6.42. The molecule has 4 nitrogen and oxygen atoms in total. The summed E-state index contributed by atoms with van der Waals surface area (Å²) < 4.78 is 18.7. The molecular weight excluding hydrogens is 261 g/mol. The highest BCUT2D eigenvalue weighted by Gasteiger charge is 2.39. The SMILES string of the molecule is COC(C)(C)CC(C)(Nc1cc(C)cc(F)c1)C(=O)O. The van der Waals surface area contributed by atoms with Crippen LogP contribution in [0, 0.1) is 12.7 Å². The molecule has 20 heavy (non-hydrogen) atoms. The zero-order chi connectivity index (χ0) is 15.6. The van der Waals surface area contributed by atoms with Crippen LogP contribution in [0.3, 0.4) is 0 Å². The Bertz CT molecular complexity index is 482. The number of hydrogen-bond acceptors (Lipinski definition) is 3. The van der Waals surface area contributed by atoms with Gasteiger partial charge in [0.05, 0.1) is 5.60 Å². The number of aliphatic carboxylic acids is 1. The molecule has 0 aliphatic heterocycles. The van der Waals surface area contributed by atoms with Gasteiger partial charge in [-0.05, 0) is 51.5 Å². The molecule has 0 aromatic heterocycles. The number of carboxylic acids is 1. The molecule has 0 bridgehead atoms. The first-order chi connectivity index (χ1) is 9.08. The third-order valence-electron chi connectivity index (χ3n) is 3.27. The Morgan fingerprint density at radius 3 is 2.40 bits per heavy atom. The first kappa shape index (κ1) is 16.4. The number of rotatable bonds is 6. The Morgan fingerprint density at radius 2 is 1.95 bits per heavy atom. The minimum absolute atomic E-state index is 0.237. The van der Waals surface area contributed by atoms with E-state index < -0.39 is 22.9 Å². The molecule has 1 rings (SSSR count). The molecule has 0 aliphatic rings. The average molecular weight is 283 g/mol. The van der Waals surface area contributed by atoms with E-state index in [0.29, 0.717) is 5.69 Å². The molecule has 0 spiro atoms. The summed E-state index contributed by atoms with van der Waals surface area (Å²) >= 11 is 0. The van der Waals surface area contributed by atoms with Crippen LogP contribution in [0.15, 0.2) is 18.2 Å². The molecule has 1 unspecified atom stereocenters. The van der Waals surface area contributed by atoms with Crippen LogP contribution < -0.4 is 5.32 Å². The van der Waals surface area contributed by atoms with E-state index in [9.17, 15) is 14.3 Å². The molecule has 0 fully saturated rings. The van der Waals surface area contributed by atoms with E-state index in [1.807, 2.05) is 13.8 Å². The maximum absolute atomic E-state index is 13.4. The molecule has 0 amide bonds. The highest BCUT2D eigenvalue weighted by Crippen LogP contribution is 2.28. The molecule has 112 valence electrons. The Kier molecular flexibility index (Phi) is 4.76. The van der Waals surface area contributed by atoms with E-state index in [1.54, 1.807) is 19.9 Å². The van der Waals surface area contributed by atoms with Crippen LogP contribution in [-0.4, -0.2) is 29.3 Å². The Hall–Kier alpha value is -1.62. The van der Waals surface area contributed by atoms with Crippen molar-refractivity contribution in [3.8, 4) is 0 Å². The summed E-state index contributed by atoms with van der Waals surface area (Å²) in [5.41, 5.74) is -0.687. The lowest BCUT2D eigenvalue weighted by Crippen LogP contribution is -2.49. The summed E-state index contributed by atoms with van der Waals surface area (Å²) in [6.45, 7) is 6.95. The van der Waals surface area contributed by atoms with Crippen molar-refractivity contribution >= 4 is 11.7 Å². The van der Waals surface area contributed by atoms with Crippen molar-refractivity contribution in [2.24, 2.45) is 0 Å². The number of benzene rings is 1. The van der Waals surface area contributed by atoms with Gasteiger partial charge in [0.1, 0.15) is 11.4 Å². The van der Waals surface area contributed by atoms with E-state index in [4.69, 9.17) is 4.74 Å². The second-order valence-electron chi connectivity index (χ2n) is 5.92. The maximum atomic E-state index is 13.4. The van der Waals surface area contributed by atoms with Crippen LogP contribution in [0.1, 0.15) is 32.8 Å². The van der Waals surface area contributed by atoms with Crippen LogP contribution in [-0.2, 0) is 9.53 Å². The van der Waals surface area contributed by atoms with Gasteiger partial charge in [-0.3, -0.25) is 0 Å². The van der Waals surface area contributed by atoms with Gasteiger partial charge in [0.2, 0.25) is 0 Å². The van der Waals surface area contributed by atoms with Crippen LogP contribution in [0.4, 0.5) is 10.1 Å². The van der Waals surface area contributed by atoms with Crippen molar-refractivity contribution in [3.05, 3.63) is 29.6 Å². The largest absolute Gasteiger partial charge is 0.480 e. The smallest absolute Gasteiger partial charge is 0.329 e. The maximum Gasteiger partial charge on any atom is 0.329 e. The lowest BCUT2D eigenvalue weighted by atomic mass is 9.87. The van der Waals surface area contributed by atoms with Crippen molar-refractivity contribution in [1.82, 2.24) is 0 Å². The number of hydrogen-bond donors (Lipinski definition) is 2. The van der Waals surface area contributed by atoms with Gasteiger partial charge in [0.25, 0.3) is 0 Å². The second kappa shape index (κ2) is 5.79. The van der Waals surface area contributed by atoms with Gasteiger partial charge in [-0.1, -0.05) is 0 Å². The van der Waals surface area contributed by atoms with Gasteiger partial charge in [-0.25, -0.2) is 9.18 Å². The van der Waals surface area contributed by atoms with E-state index in [-0.39, 0.29) is 6.42 Å². The van der Waals surface area contributed by atoms with Crippen molar-refractivity contribution in [2.75, 3.05) is 12.4 Å². The summed E-state index contributed by atoms with van der Waals surface area (Å²) in [6, 6.07) is 4.39. The summed E-state index contributed by atoms with van der Waals surface area (Å²) in [6.07, 6.45) is 0.237. The molecule has 5 heteroatoms. The van der Waals surface area contributed by atoms with Crippen molar-refractivity contribution in [1.29, 1.82) is 0 Å². The van der Waals surface area contributed by atoms with Gasteiger partial charge in [-0.2, -0.15) is 0 Å². The molecule has 0 aliphatic carbocycles. The second-order valence-corrected chi connectivity index (χ2v) is 5.92. The van der Waals surface area contributed by atoms with E-state index in [2.05, 4.69) is 5.32 Å². The summed E-state index contributed by atoms with van der Waals surface area (Å²) in [5.74, 6) is -1.41. The third-order valence-corrected chi connectivity index (χ3v) is 3.27. The Morgan fingerprint density at radius 1 is 1.35 bits per heavy atom. The molecule has 0 saturated heterocycles. The highest BCUT2D eigenvalue weighted by atomic mass is 19.1. The Labute approximate surface area is 119 Å². The van der Waals surface area contributed by atoms with E-state index in [1.165, 1.54) is 19.2 Å². The summed E-state index contributed by atoms with van der Waals surface area (Å²) in [4.78, 5) is 11.6. The van der Waals surface area contributed by atoms with Crippen molar-refractivity contribution in [2.45, 2.75) is 45.3 Å². The van der Waals surface area contributed by atoms with Gasteiger partial charge >= 0.3 is 5.97 Å². The average Bonchev–Trinajstić information content (AvgIpc) is 2.26. The van der Waals surface area contributed by atoms with Crippen molar-refractivity contribution < 1.29 is 19.0 Å². The molecule has 0 radical (unpaired) electrons. The fourth-order valence-corrected chi connectivity index (χ4v) is 2.22. The number of methoxy groups -OCH3 is 1. The number of anilines is 1. The topological polar surface area (TPSA) is 58.6 Å². The van der Waals surface area contributed by atoms with Gasteiger partial charge in [0.15, 0.2) is 0 Å². The number of nitrogens with one attached hydrogen (secondary N) is 1. The molecule has 2 N–H and O–H groups in total. The standard InChI is InChI=1S/C15H22FNO3/c1-10-6-11(16)8-12(7-10)17-15(4,13(18)19)9-14(2,3)20-5/h6-8,17H,9H2,1-5H3,(H,18,19). The molecular formula is C15H22FNO3. The van der Waals surface area contributed by atoms with Crippen LogP contribution in [0.5, 0.6) is 0 Å². The third kappa shape index (κ3) is 4.20. The predicted octanol–water partition coefficient (Wildman–Crippen LogP) is 3.20. The fourth-order valence-electron chi connectivity index (χ4n) is 2.22. The molecule has 0 saturated carbocycles. The minimum atomic E-state index is -1.25. The van der Waals surface area contributed by atoms with Crippen LogP contribution in [0.25, 0.3) is 0 Å². The van der Waals surface area contributed by atoms with E-state index >= 15 is 0 Å². The fraction of sp³-hybridized carbons (Fsp3) is 0.533. The lowest BCUT2D eigenvalue weighted by Gasteiger charge is -2.35. The summed E-state index contributed by atoms with van der Waals surface area (Å²) in [5, 5.41) is 12.4. The minimum Gasteiger partial charge on any atom is -0.480 e. The molecule has 1 atom stereocenters. The van der Waals surface area contributed by atoms with Gasteiger partial charge < -0.3 is 15.2 Å². The molecule has 1 aromatic rings. The predicted molar refractivity (Wildman–Crippen MR) is 76.5 cm³/mol.